The Bertz CT molecular complexity index is 254. The number of carboxylic acid groups (broad SMARTS) is 1. The number of ether oxygens (including phenoxy) is 1. The normalized spacial score (nSPS) is 15.3. The van der Waals surface area contributed by atoms with Gasteiger partial charge in [-0.3, -0.25) is 0 Å². The quantitative estimate of drug-likeness (QED) is 0.595. The van der Waals surface area contributed by atoms with Crippen molar-refractivity contribution < 1.29 is 24.5 Å². The van der Waals surface area contributed by atoms with Crippen molar-refractivity contribution in [3.63, 3.8) is 0 Å². The van der Waals surface area contributed by atoms with Gasteiger partial charge in [-0.2, -0.15) is 0 Å². The number of nitrogens with one attached hydrogen (secondary N) is 1. The zero-order chi connectivity index (χ0) is 12.3. The molecule has 3 N–H and O–H groups in total. The van der Waals surface area contributed by atoms with Crippen molar-refractivity contribution in [2.75, 3.05) is 6.54 Å². The molecule has 1 atom stereocenters. The van der Waals surface area contributed by atoms with Gasteiger partial charge in [-0.25, -0.2) is 9.59 Å². The van der Waals surface area contributed by atoms with Gasteiger partial charge in [0, 0.05) is 0 Å². The molecule has 0 saturated heterocycles. The van der Waals surface area contributed by atoms with Gasteiger partial charge in [0.15, 0.2) is 5.60 Å². The first-order valence-corrected chi connectivity index (χ1v) is 4.47. The number of aliphatic hydroxyl groups is 1. The van der Waals surface area contributed by atoms with Crippen molar-refractivity contribution in [1.82, 2.24) is 5.32 Å². The van der Waals surface area contributed by atoms with Gasteiger partial charge in [0.2, 0.25) is 0 Å². The third kappa shape index (κ3) is 5.90. The molecule has 6 heteroatoms. The summed E-state index contributed by atoms with van der Waals surface area (Å²) in [6, 6.07) is 0. The standard InChI is InChI=1S/C9H17NO5/c1-8(2,3)15-6(11)9(4,14)5-10-7(12)13/h10,14H,5H2,1-4H3,(H,12,13). The predicted molar refractivity (Wildman–Crippen MR) is 52.5 cm³/mol. The number of carbonyl (C=O) groups excluding carboxylic acids is 1. The van der Waals surface area contributed by atoms with Crippen LogP contribution in [0.4, 0.5) is 4.79 Å². The Morgan fingerprint density at radius 3 is 2.07 bits per heavy atom. The minimum absolute atomic E-state index is 0.406. The molecule has 15 heavy (non-hydrogen) atoms. The first-order valence-electron chi connectivity index (χ1n) is 4.47. The molecule has 6 nitrogen and oxygen atoms in total. The van der Waals surface area contributed by atoms with Crippen molar-refractivity contribution in [3.8, 4) is 0 Å². The second kappa shape index (κ2) is 4.48. The van der Waals surface area contributed by atoms with E-state index in [4.69, 9.17) is 9.84 Å². The molecule has 0 aromatic heterocycles. The molecule has 0 radical (unpaired) electrons. The molecule has 0 aromatic rings. The first-order chi connectivity index (χ1) is 6.54. The molecule has 0 heterocycles. The highest BCUT2D eigenvalue weighted by atomic mass is 16.6. The van der Waals surface area contributed by atoms with Crippen LogP contribution >= 0.6 is 0 Å². The van der Waals surface area contributed by atoms with Gasteiger partial charge >= 0.3 is 12.1 Å². The molecule has 0 bridgehead atoms. The monoisotopic (exact) mass is 219 g/mol. The summed E-state index contributed by atoms with van der Waals surface area (Å²) in [5, 5.41) is 19.8. The Labute approximate surface area is 88.2 Å². The lowest BCUT2D eigenvalue weighted by atomic mass is 10.1. The summed E-state index contributed by atoms with van der Waals surface area (Å²) in [4.78, 5) is 21.6. The van der Waals surface area contributed by atoms with Gasteiger partial charge in [0.25, 0.3) is 0 Å². The van der Waals surface area contributed by atoms with Crippen LogP contribution in [0.15, 0.2) is 0 Å². The Kier molecular flexibility index (Phi) is 4.09. The SMILES string of the molecule is CC(C)(C)OC(=O)C(C)(O)CNC(=O)O. The van der Waals surface area contributed by atoms with Gasteiger partial charge in [-0.05, 0) is 27.7 Å². The van der Waals surface area contributed by atoms with E-state index in [-0.39, 0.29) is 0 Å². The van der Waals surface area contributed by atoms with Gasteiger partial charge in [-0.15, -0.1) is 0 Å². The van der Waals surface area contributed by atoms with Gasteiger partial charge < -0.3 is 20.3 Å². The maximum atomic E-state index is 11.4. The average molecular weight is 219 g/mol. The lowest BCUT2D eigenvalue weighted by Crippen LogP contribution is -2.49. The van der Waals surface area contributed by atoms with Crippen LogP contribution in [-0.2, 0) is 9.53 Å². The van der Waals surface area contributed by atoms with Crippen LogP contribution in [0.25, 0.3) is 0 Å². The Balaban J connectivity index is 4.32. The van der Waals surface area contributed by atoms with Crippen LogP contribution in [-0.4, -0.2) is 40.0 Å². The number of carbonyl (C=O) groups is 2. The number of amides is 1. The van der Waals surface area contributed by atoms with E-state index in [2.05, 4.69) is 0 Å². The van der Waals surface area contributed by atoms with Crippen LogP contribution in [0.1, 0.15) is 27.7 Å². The summed E-state index contributed by atoms with van der Waals surface area (Å²) in [7, 11) is 0. The number of hydrogen-bond donors (Lipinski definition) is 3. The molecule has 1 unspecified atom stereocenters. The van der Waals surface area contributed by atoms with Crippen molar-refractivity contribution in [1.29, 1.82) is 0 Å². The Morgan fingerprint density at radius 2 is 1.73 bits per heavy atom. The topological polar surface area (TPSA) is 95.9 Å². The zero-order valence-corrected chi connectivity index (χ0v) is 9.33. The molecule has 0 spiro atoms. The van der Waals surface area contributed by atoms with E-state index < -0.39 is 29.8 Å². The fraction of sp³-hybridized carbons (Fsp3) is 0.778. The molecule has 0 aromatic carbocycles. The van der Waals surface area contributed by atoms with E-state index in [0.717, 1.165) is 0 Å². The summed E-state index contributed by atoms with van der Waals surface area (Å²) >= 11 is 0. The average Bonchev–Trinajstić information content (AvgIpc) is 1.97. The Morgan fingerprint density at radius 1 is 1.27 bits per heavy atom. The molecular weight excluding hydrogens is 202 g/mol. The molecule has 0 aliphatic carbocycles. The maximum absolute atomic E-state index is 11.4. The lowest BCUT2D eigenvalue weighted by Gasteiger charge is -2.27. The summed E-state index contributed by atoms with van der Waals surface area (Å²) in [5.41, 5.74) is -2.57. The van der Waals surface area contributed by atoms with E-state index in [0.29, 0.717) is 0 Å². The van der Waals surface area contributed by atoms with E-state index in [9.17, 15) is 14.7 Å². The molecule has 1 amide bonds. The smallest absolute Gasteiger partial charge is 0.404 e. The summed E-state index contributed by atoms with van der Waals surface area (Å²) in [5.74, 6) is -0.858. The van der Waals surface area contributed by atoms with Gasteiger partial charge in [-0.1, -0.05) is 0 Å². The van der Waals surface area contributed by atoms with Crippen LogP contribution in [0, 0.1) is 0 Å². The van der Waals surface area contributed by atoms with Gasteiger partial charge in [0.1, 0.15) is 5.60 Å². The van der Waals surface area contributed by atoms with Crippen molar-refractivity contribution in [3.05, 3.63) is 0 Å². The highest BCUT2D eigenvalue weighted by molar-refractivity contribution is 5.80. The van der Waals surface area contributed by atoms with E-state index in [1.54, 1.807) is 20.8 Å². The second-order valence-electron chi connectivity index (χ2n) is 4.43. The minimum atomic E-state index is -1.86. The van der Waals surface area contributed by atoms with Crippen molar-refractivity contribution in [2.24, 2.45) is 0 Å². The molecule has 0 aliphatic heterocycles. The number of hydrogen-bond acceptors (Lipinski definition) is 4. The third-order valence-corrected chi connectivity index (χ3v) is 1.42. The summed E-state index contributed by atoms with van der Waals surface area (Å²) < 4.78 is 4.91. The van der Waals surface area contributed by atoms with Crippen LogP contribution < -0.4 is 5.32 Å². The molecular formula is C9H17NO5. The fourth-order valence-electron chi connectivity index (χ4n) is 0.708. The number of rotatable bonds is 3. The minimum Gasteiger partial charge on any atom is -0.465 e. The summed E-state index contributed by atoms with van der Waals surface area (Å²) in [6.45, 7) is 5.76. The van der Waals surface area contributed by atoms with Crippen molar-refractivity contribution >= 4 is 12.1 Å². The van der Waals surface area contributed by atoms with Crippen LogP contribution in [0.5, 0.6) is 0 Å². The Hall–Kier alpha value is -1.30. The molecule has 88 valence electrons. The molecule has 0 rings (SSSR count). The van der Waals surface area contributed by atoms with Crippen LogP contribution in [0.3, 0.4) is 0 Å². The fourth-order valence-corrected chi connectivity index (χ4v) is 0.708. The van der Waals surface area contributed by atoms with E-state index in [1.807, 2.05) is 5.32 Å². The van der Waals surface area contributed by atoms with Crippen molar-refractivity contribution in [2.45, 2.75) is 38.9 Å². The van der Waals surface area contributed by atoms with Gasteiger partial charge in [0.05, 0.1) is 6.54 Å². The highest BCUT2D eigenvalue weighted by Gasteiger charge is 2.35. The third-order valence-electron chi connectivity index (χ3n) is 1.42. The molecule has 0 aliphatic rings. The molecule has 0 saturated carbocycles. The lowest BCUT2D eigenvalue weighted by molar-refractivity contribution is -0.174. The van der Waals surface area contributed by atoms with E-state index >= 15 is 0 Å². The second-order valence-corrected chi connectivity index (χ2v) is 4.43. The molecule has 0 fully saturated rings. The number of esters is 1. The first kappa shape index (κ1) is 13.7. The summed E-state index contributed by atoms with van der Waals surface area (Å²) in [6.07, 6.45) is -1.31. The van der Waals surface area contributed by atoms with Crippen LogP contribution in [0.2, 0.25) is 0 Å². The van der Waals surface area contributed by atoms with E-state index in [1.165, 1.54) is 6.92 Å². The predicted octanol–water partition coefficient (Wildman–Crippen LogP) is 0.347. The highest BCUT2D eigenvalue weighted by Crippen LogP contribution is 2.13. The maximum Gasteiger partial charge on any atom is 0.404 e. The zero-order valence-electron chi connectivity index (χ0n) is 9.33. The largest absolute Gasteiger partial charge is 0.465 e.